The van der Waals surface area contributed by atoms with Gasteiger partial charge in [-0.2, -0.15) is 0 Å². The van der Waals surface area contributed by atoms with Crippen LogP contribution in [0.2, 0.25) is 0 Å². The fourth-order valence-electron chi connectivity index (χ4n) is 4.65. The molecule has 0 spiro atoms. The third-order valence-corrected chi connectivity index (χ3v) is 6.97. The largest absolute Gasteiger partial charge is 0.484 e. The molecule has 1 aromatic carbocycles. The highest BCUT2D eigenvalue weighted by Crippen LogP contribution is 2.31. The van der Waals surface area contributed by atoms with Crippen LogP contribution in [-0.2, 0) is 11.4 Å². The molecule has 2 aliphatic rings. The summed E-state index contributed by atoms with van der Waals surface area (Å²) < 4.78 is 24.1. The molecule has 0 bridgehead atoms. The van der Waals surface area contributed by atoms with Crippen LogP contribution in [0.5, 0.6) is 5.75 Å². The zero-order valence-corrected chi connectivity index (χ0v) is 18.6. The Hall–Kier alpha value is -2.09. The molecule has 2 aromatic rings. The summed E-state index contributed by atoms with van der Waals surface area (Å²) in [5.74, 6) is 1.04. The smallest absolute Gasteiger partial charge is 0.277 e. The fraction of sp³-hybridized carbons (Fsp3) is 0.609. The van der Waals surface area contributed by atoms with Crippen molar-refractivity contribution < 1.29 is 18.3 Å². The van der Waals surface area contributed by atoms with Crippen molar-refractivity contribution in [1.29, 1.82) is 0 Å². The molecule has 0 saturated heterocycles. The Morgan fingerprint density at radius 2 is 1.61 bits per heavy atom. The van der Waals surface area contributed by atoms with Crippen molar-refractivity contribution in [3.05, 3.63) is 36.0 Å². The summed E-state index contributed by atoms with van der Waals surface area (Å²) in [6, 6.07) is 6.52. The second-order valence-corrected chi connectivity index (χ2v) is 9.30. The van der Waals surface area contributed by atoms with Crippen LogP contribution in [0, 0.1) is 5.82 Å². The lowest BCUT2D eigenvalue weighted by atomic mass is 9.88. The van der Waals surface area contributed by atoms with Gasteiger partial charge in [-0.3, -0.25) is 4.79 Å². The summed E-state index contributed by atoms with van der Waals surface area (Å²) in [5.41, 5.74) is 0. The van der Waals surface area contributed by atoms with Crippen LogP contribution in [0.15, 0.2) is 33.9 Å². The van der Waals surface area contributed by atoms with Gasteiger partial charge in [-0.25, -0.2) is 4.39 Å². The van der Waals surface area contributed by atoms with Crippen molar-refractivity contribution in [1.82, 2.24) is 15.1 Å². The normalized spacial score (nSPS) is 18.1. The number of rotatable bonds is 8. The van der Waals surface area contributed by atoms with E-state index in [2.05, 4.69) is 15.1 Å². The van der Waals surface area contributed by atoms with E-state index in [4.69, 9.17) is 9.15 Å². The number of nitrogens with zero attached hydrogens (tertiary/aromatic N) is 3. The molecule has 1 amide bonds. The summed E-state index contributed by atoms with van der Waals surface area (Å²) in [4.78, 5) is 15.4. The van der Waals surface area contributed by atoms with Crippen molar-refractivity contribution >= 4 is 17.7 Å². The Bertz CT molecular complexity index is 815. The number of thioether (sulfide) groups is 1. The molecule has 2 fully saturated rings. The maximum atomic E-state index is 13.2. The number of ether oxygens (including phenoxy) is 1. The van der Waals surface area contributed by atoms with Gasteiger partial charge in [0, 0.05) is 12.1 Å². The number of carbonyl (C=O) groups is 1. The molecule has 0 atom stereocenters. The van der Waals surface area contributed by atoms with Gasteiger partial charge in [0.1, 0.15) is 11.6 Å². The quantitative estimate of drug-likeness (QED) is 0.507. The summed E-state index contributed by atoms with van der Waals surface area (Å²) in [7, 11) is 0. The zero-order valence-electron chi connectivity index (χ0n) is 17.8. The summed E-state index contributed by atoms with van der Waals surface area (Å²) in [6.07, 6.45) is 11.9. The van der Waals surface area contributed by atoms with Crippen LogP contribution >= 0.6 is 11.8 Å². The topological polar surface area (TPSA) is 68.5 Å². The highest BCUT2D eigenvalue weighted by atomic mass is 32.2. The van der Waals surface area contributed by atoms with Gasteiger partial charge in [0.2, 0.25) is 5.91 Å². The predicted octanol–water partition coefficient (Wildman–Crippen LogP) is 5.37. The van der Waals surface area contributed by atoms with Gasteiger partial charge in [-0.15, -0.1) is 10.2 Å². The van der Waals surface area contributed by atoms with Gasteiger partial charge in [0.25, 0.3) is 11.1 Å². The molecule has 1 aromatic heterocycles. The average Bonchev–Trinajstić information content (AvgIpc) is 3.27. The molecule has 0 radical (unpaired) electrons. The molecule has 0 aliphatic heterocycles. The lowest BCUT2D eigenvalue weighted by Crippen LogP contribution is -2.49. The standard InChI is InChI=1S/C23H30FN3O3S/c24-17-11-13-20(14-12-17)29-15-21-25-26-23(30-21)31-16-22(28)27(18-7-3-1-4-8-18)19-9-5-2-6-10-19/h11-14,18-19H,1-10,15-16H2. The Morgan fingerprint density at radius 1 is 1.00 bits per heavy atom. The first-order valence-electron chi connectivity index (χ1n) is 11.3. The molecule has 2 aliphatic carbocycles. The van der Waals surface area contributed by atoms with E-state index in [-0.39, 0.29) is 18.3 Å². The molecular formula is C23H30FN3O3S. The number of aromatic nitrogens is 2. The van der Waals surface area contributed by atoms with E-state index in [0.29, 0.717) is 34.7 Å². The second-order valence-electron chi connectivity index (χ2n) is 8.38. The molecule has 8 heteroatoms. The Morgan fingerprint density at radius 3 is 2.23 bits per heavy atom. The van der Waals surface area contributed by atoms with E-state index in [1.54, 1.807) is 12.1 Å². The fourth-order valence-corrected chi connectivity index (χ4v) is 5.30. The Labute approximate surface area is 186 Å². The molecule has 0 unspecified atom stereocenters. The lowest BCUT2D eigenvalue weighted by Gasteiger charge is -2.41. The van der Waals surface area contributed by atoms with Crippen molar-refractivity contribution in [3.63, 3.8) is 0 Å². The van der Waals surface area contributed by atoms with Crippen molar-refractivity contribution in [2.45, 2.75) is 88.1 Å². The number of halogens is 1. The van der Waals surface area contributed by atoms with Crippen LogP contribution in [-0.4, -0.2) is 38.8 Å². The number of carbonyl (C=O) groups excluding carboxylic acids is 1. The maximum absolute atomic E-state index is 13.2. The summed E-state index contributed by atoms with van der Waals surface area (Å²) in [5, 5.41) is 8.40. The van der Waals surface area contributed by atoms with Crippen molar-refractivity contribution in [3.8, 4) is 5.75 Å². The van der Waals surface area contributed by atoms with E-state index < -0.39 is 0 Å². The minimum atomic E-state index is -0.316. The van der Waals surface area contributed by atoms with E-state index in [0.717, 1.165) is 25.7 Å². The molecule has 2 saturated carbocycles. The highest BCUT2D eigenvalue weighted by Gasteiger charge is 2.32. The van der Waals surface area contributed by atoms with Gasteiger partial charge in [0.15, 0.2) is 6.61 Å². The first-order chi connectivity index (χ1) is 15.2. The summed E-state index contributed by atoms with van der Waals surface area (Å²) >= 11 is 1.29. The zero-order chi connectivity index (χ0) is 21.5. The van der Waals surface area contributed by atoms with Crippen LogP contribution in [0.4, 0.5) is 4.39 Å². The van der Waals surface area contributed by atoms with Crippen LogP contribution in [0.1, 0.15) is 70.1 Å². The lowest BCUT2D eigenvalue weighted by molar-refractivity contribution is -0.135. The van der Waals surface area contributed by atoms with Crippen molar-refractivity contribution in [2.75, 3.05) is 5.75 Å². The average molecular weight is 448 g/mol. The third kappa shape index (κ3) is 6.21. The Kier molecular flexibility index (Phi) is 7.83. The monoisotopic (exact) mass is 447 g/mol. The first-order valence-corrected chi connectivity index (χ1v) is 12.3. The van der Waals surface area contributed by atoms with Crippen LogP contribution < -0.4 is 4.74 Å². The number of benzene rings is 1. The molecule has 168 valence electrons. The minimum Gasteiger partial charge on any atom is -0.484 e. The van der Waals surface area contributed by atoms with Gasteiger partial charge >= 0.3 is 0 Å². The maximum Gasteiger partial charge on any atom is 0.277 e. The molecular weight excluding hydrogens is 417 g/mol. The first kappa shape index (κ1) is 22.1. The third-order valence-electron chi connectivity index (χ3n) is 6.17. The molecule has 4 rings (SSSR count). The van der Waals surface area contributed by atoms with E-state index in [1.165, 1.54) is 62.4 Å². The van der Waals surface area contributed by atoms with Gasteiger partial charge in [0.05, 0.1) is 5.75 Å². The van der Waals surface area contributed by atoms with Gasteiger partial charge in [-0.05, 0) is 49.9 Å². The minimum absolute atomic E-state index is 0.101. The second kappa shape index (κ2) is 11.0. The molecule has 31 heavy (non-hydrogen) atoms. The summed E-state index contributed by atoms with van der Waals surface area (Å²) in [6.45, 7) is 0.101. The Balaban J connectivity index is 1.31. The highest BCUT2D eigenvalue weighted by molar-refractivity contribution is 7.99. The van der Waals surface area contributed by atoms with Gasteiger partial charge in [-0.1, -0.05) is 50.3 Å². The predicted molar refractivity (Wildman–Crippen MR) is 116 cm³/mol. The molecule has 1 heterocycles. The van der Waals surface area contributed by atoms with E-state index >= 15 is 0 Å². The van der Waals surface area contributed by atoms with E-state index in [9.17, 15) is 9.18 Å². The van der Waals surface area contributed by atoms with E-state index in [1.807, 2.05) is 0 Å². The van der Waals surface area contributed by atoms with Crippen LogP contribution in [0.25, 0.3) is 0 Å². The SMILES string of the molecule is O=C(CSc1nnc(COc2ccc(F)cc2)o1)N(C1CCCCC1)C1CCCCC1. The van der Waals surface area contributed by atoms with Crippen molar-refractivity contribution in [2.24, 2.45) is 0 Å². The molecule has 0 N–H and O–H groups in total. The number of hydrogen-bond donors (Lipinski definition) is 0. The van der Waals surface area contributed by atoms with Gasteiger partial charge < -0.3 is 14.1 Å². The number of hydrogen-bond acceptors (Lipinski definition) is 6. The number of amides is 1. The molecule has 6 nitrogen and oxygen atoms in total. The van der Waals surface area contributed by atoms with Crippen LogP contribution in [0.3, 0.4) is 0 Å².